The number of hydrogen-bond acceptors (Lipinski definition) is 3. The maximum absolute atomic E-state index is 11.0. The number of aliphatic hydroxyl groups is 1. The van der Waals surface area contributed by atoms with E-state index in [1.54, 1.807) is 18.2 Å². The van der Waals surface area contributed by atoms with Crippen LogP contribution in [0.5, 0.6) is 0 Å². The first-order valence-electron chi connectivity index (χ1n) is 5.74. The summed E-state index contributed by atoms with van der Waals surface area (Å²) in [6, 6.07) is 4.94. The molecule has 0 aliphatic heterocycles. The van der Waals surface area contributed by atoms with Crippen molar-refractivity contribution in [1.29, 1.82) is 0 Å². The van der Waals surface area contributed by atoms with Gasteiger partial charge in [-0.25, -0.2) is 4.98 Å². The number of nitrogens with zero attached hydrogens (tertiary/aromatic N) is 1. The van der Waals surface area contributed by atoms with Crippen molar-refractivity contribution in [3.05, 3.63) is 29.6 Å². The predicted molar refractivity (Wildman–Crippen MR) is 76.8 cm³/mol. The largest absolute Gasteiger partial charge is 0.387 e. The molecule has 5 heteroatoms. The smallest absolute Gasteiger partial charge is 0.267 e. The Balaban J connectivity index is 0.00000289. The zero-order chi connectivity index (χ0) is 13.1. The second-order valence-electron chi connectivity index (χ2n) is 5.43. The lowest BCUT2D eigenvalue weighted by Crippen LogP contribution is -2.15. The Morgan fingerprint density at radius 3 is 2.56 bits per heavy atom. The molecule has 1 rings (SSSR count). The van der Waals surface area contributed by atoms with E-state index in [1.165, 1.54) is 0 Å². The van der Waals surface area contributed by atoms with E-state index in [4.69, 9.17) is 5.73 Å². The highest BCUT2D eigenvalue weighted by Gasteiger charge is 2.16. The molecule has 1 aromatic rings. The molecule has 0 saturated carbocycles. The number of aromatic nitrogens is 1. The van der Waals surface area contributed by atoms with Crippen LogP contribution in [0, 0.1) is 5.41 Å². The van der Waals surface area contributed by atoms with Crippen LogP contribution in [-0.4, -0.2) is 16.0 Å². The second-order valence-corrected chi connectivity index (χ2v) is 5.43. The van der Waals surface area contributed by atoms with E-state index in [2.05, 4.69) is 25.8 Å². The highest BCUT2D eigenvalue weighted by atomic mass is 32.1. The van der Waals surface area contributed by atoms with Gasteiger partial charge in [0.2, 0.25) is 0 Å². The lowest BCUT2D eigenvalue weighted by molar-refractivity contribution is 0.0993. The number of carbonyl (C=O) groups excluding carboxylic acids is 1. The summed E-state index contributed by atoms with van der Waals surface area (Å²) in [4.78, 5) is 15.0. The Bertz CT molecular complexity index is 402. The van der Waals surface area contributed by atoms with Crippen LogP contribution in [-0.2, 0) is 0 Å². The maximum atomic E-state index is 11.0. The van der Waals surface area contributed by atoms with Crippen LogP contribution >= 0.6 is 13.5 Å². The molecule has 0 bridgehead atoms. The fraction of sp³-hybridized carbons (Fsp3) is 0.538. The monoisotopic (exact) mass is 270 g/mol. The van der Waals surface area contributed by atoms with Gasteiger partial charge < -0.3 is 10.8 Å². The van der Waals surface area contributed by atoms with Crippen LogP contribution in [0.25, 0.3) is 0 Å². The molecule has 0 unspecified atom stereocenters. The molecule has 0 aliphatic carbocycles. The fourth-order valence-corrected chi connectivity index (χ4v) is 1.49. The van der Waals surface area contributed by atoms with Crippen molar-refractivity contribution in [2.24, 2.45) is 11.1 Å². The van der Waals surface area contributed by atoms with E-state index in [-0.39, 0.29) is 24.6 Å². The Labute approximate surface area is 115 Å². The molecule has 0 fully saturated rings. The third-order valence-corrected chi connectivity index (χ3v) is 2.53. The van der Waals surface area contributed by atoms with E-state index < -0.39 is 12.0 Å². The predicted octanol–water partition coefficient (Wildman–Crippen LogP) is 2.15. The minimum Gasteiger partial charge on any atom is -0.387 e. The molecule has 1 heterocycles. The summed E-state index contributed by atoms with van der Waals surface area (Å²) >= 11 is 0. The first-order valence-corrected chi connectivity index (χ1v) is 5.74. The molecule has 3 N–H and O–H groups in total. The Morgan fingerprint density at radius 2 is 2.06 bits per heavy atom. The van der Waals surface area contributed by atoms with Crippen molar-refractivity contribution >= 4 is 19.4 Å². The Morgan fingerprint density at radius 1 is 1.44 bits per heavy atom. The Hall–Kier alpha value is -1.07. The number of aliphatic hydroxyl groups excluding tert-OH is 1. The molecule has 1 atom stereocenters. The van der Waals surface area contributed by atoms with Gasteiger partial charge in [-0.2, -0.15) is 13.5 Å². The molecule has 0 aromatic carbocycles. The molecule has 4 nitrogen and oxygen atoms in total. The zero-order valence-electron chi connectivity index (χ0n) is 11.1. The van der Waals surface area contributed by atoms with Crippen molar-refractivity contribution in [3.63, 3.8) is 0 Å². The standard InChI is InChI=1S/C13H20N2O2.H2S/c1-13(2,3)8-7-11(16)9-5-4-6-10(15-9)12(14)17;/h4-6,11,16H,7-8H2,1-3H3,(H2,14,17);1H2/t11-;/m0./s1. The topological polar surface area (TPSA) is 76.2 Å². The SMILES string of the molecule is CC(C)(C)CC[C@H](O)c1cccc(C(N)=O)n1.S. The molecule has 1 amide bonds. The van der Waals surface area contributed by atoms with Gasteiger partial charge in [-0.1, -0.05) is 26.8 Å². The fourth-order valence-electron chi connectivity index (χ4n) is 1.49. The number of hydrogen-bond donors (Lipinski definition) is 2. The van der Waals surface area contributed by atoms with Gasteiger partial charge in [0.1, 0.15) is 5.69 Å². The van der Waals surface area contributed by atoms with Gasteiger partial charge in [0, 0.05) is 0 Å². The molecule has 18 heavy (non-hydrogen) atoms. The van der Waals surface area contributed by atoms with Gasteiger partial charge in [0.05, 0.1) is 11.8 Å². The highest BCUT2D eigenvalue weighted by Crippen LogP contribution is 2.26. The summed E-state index contributed by atoms with van der Waals surface area (Å²) in [6.07, 6.45) is 0.864. The summed E-state index contributed by atoms with van der Waals surface area (Å²) in [7, 11) is 0. The van der Waals surface area contributed by atoms with Gasteiger partial charge in [-0.3, -0.25) is 4.79 Å². The third kappa shape index (κ3) is 5.51. The quantitative estimate of drug-likeness (QED) is 0.880. The van der Waals surface area contributed by atoms with Crippen molar-refractivity contribution in [2.75, 3.05) is 0 Å². The summed E-state index contributed by atoms with van der Waals surface area (Å²) in [6.45, 7) is 6.35. The normalized spacial score (nSPS) is 12.7. The Kier molecular flexibility index (Phi) is 6.35. The van der Waals surface area contributed by atoms with Gasteiger partial charge >= 0.3 is 0 Å². The van der Waals surface area contributed by atoms with Crippen LogP contribution in [0.1, 0.15) is 55.9 Å². The van der Waals surface area contributed by atoms with E-state index in [9.17, 15) is 9.90 Å². The van der Waals surface area contributed by atoms with Crippen molar-refractivity contribution < 1.29 is 9.90 Å². The van der Waals surface area contributed by atoms with Crippen molar-refractivity contribution in [2.45, 2.75) is 39.7 Å². The molecule has 0 spiro atoms. The van der Waals surface area contributed by atoms with Gasteiger partial charge in [0.15, 0.2) is 0 Å². The van der Waals surface area contributed by atoms with Crippen molar-refractivity contribution in [3.8, 4) is 0 Å². The summed E-state index contributed by atoms with van der Waals surface area (Å²) in [5, 5.41) is 9.98. The van der Waals surface area contributed by atoms with Crippen LogP contribution in [0.4, 0.5) is 0 Å². The zero-order valence-corrected chi connectivity index (χ0v) is 12.1. The van der Waals surface area contributed by atoms with Gasteiger partial charge in [-0.05, 0) is 30.4 Å². The first kappa shape index (κ1) is 16.9. The van der Waals surface area contributed by atoms with E-state index in [0.717, 1.165) is 6.42 Å². The molecular formula is C13H22N2O2S. The summed E-state index contributed by atoms with van der Waals surface area (Å²) < 4.78 is 0. The van der Waals surface area contributed by atoms with Gasteiger partial charge in [0.25, 0.3) is 5.91 Å². The number of primary amides is 1. The van der Waals surface area contributed by atoms with Crippen LogP contribution < -0.4 is 5.73 Å². The highest BCUT2D eigenvalue weighted by molar-refractivity contribution is 7.59. The number of pyridine rings is 1. The number of carbonyl (C=O) groups is 1. The van der Waals surface area contributed by atoms with Crippen LogP contribution in [0.2, 0.25) is 0 Å². The van der Waals surface area contributed by atoms with E-state index >= 15 is 0 Å². The molecule has 1 aromatic heterocycles. The lowest BCUT2D eigenvalue weighted by Gasteiger charge is -2.20. The minimum absolute atomic E-state index is 0. The number of amides is 1. The van der Waals surface area contributed by atoms with Crippen molar-refractivity contribution in [1.82, 2.24) is 4.98 Å². The van der Waals surface area contributed by atoms with Crippen LogP contribution in [0.15, 0.2) is 18.2 Å². The average Bonchev–Trinajstić information content (AvgIpc) is 2.25. The maximum Gasteiger partial charge on any atom is 0.267 e. The number of rotatable bonds is 4. The second kappa shape index (κ2) is 6.75. The summed E-state index contributed by atoms with van der Waals surface area (Å²) in [5.74, 6) is -0.574. The minimum atomic E-state index is -0.645. The number of nitrogens with two attached hydrogens (primary N) is 1. The molecular weight excluding hydrogens is 248 g/mol. The first-order chi connectivity index (χ1) is 7.79. The third-order valence-electron chi connectivity index (χ3n) is 2.53. The van der Waals surface area contributed by atoms with E-state index in [1.807, 2.05) is 0 Å². The molecule has 0 aliphatic rings. The molecule has 0 radical (unpaired) electrons. The molecule has 102 valence electrons. The molecule has 0 saturated heterocycles. The van der Waals surface area contributed by atoms with Gasteiger partial charge in [-0.15, -0.1) is 0 Å². The van der Waals surface area contributed by atoms with E-state index in [0.29, 0.717) is 12.1 Å². The summed E-state index contributed by atoms with van der Waals surface area (Å²) in [5.41, 5.74) is 6.01. The average molecular weight is 270 g/mol. The lowest BCUT2D eigenvalue weighted by atomic mass is 9.89. The van der Waals surface area contributed by atoms with Crippen LogP contribution in [0.3, 0.4) is 0 Å².